The molecule has 1 heterocycles. The molecule has 0 radical (unpaired) electrons. The van der Waals surface area contributed by atoms with Crippen LogP contribution in [0.3, 0.4) is 0 Å². The number of carboxylic acids is 1. The molecule has 2 aromatic carbocycles. The number of nitrogens with one attached hydrogen (secondary N) is 1. The molecule has 1 amide bonds. The predicted molar refractivity (Wildman–Crippen MR) is 134 cm³/mol. The smallest absolute Gasteiger partial charge is 0.490 e. The standard InChI is InChI=1S/C23H31N3O4S.C2HF3O2/c1-2-30-21-10-12-22(13-11-21)31(28,29)26(16-6-9-20-7-4-3-5-8-20)19-23(27)25-17-14-24-15-18-25;3-2(4,5)1(6)7/h3-5,7-8,10-13,24H,2,6,9,14-19H2,1H3;(H,6,7). The summed E-state index contributed by atoms with van der Waals surface area (Å²) in [6.45, 7) is 5.17. The monoisotopic (exact) mass is 559 g/mol. The molecule has 3 rings (SSSR count). The Balaban J connectivity index is 0.000000638. The number of carbonyl (C=O) groups is 2. The maximum atomic E-state index is 13.4. The number of hydrogen-bond acceptors (Lipinski definition) is 6. The Bertz CT molecular complexity index is 1120. The lowest BCUT2D eigenvalue weighted by Gasteiger charge is -2.30. The normalized spacial score (nSPS) is 14.0. The summed E-state index contributed by atoms with van der Waals surface area (Å²) in [4.78, 5) is 23.6. The average Bonchev–Trinajstić information content (AvgIpc) is 2.89. The third-order valence-electron chi connectivity index (χ3n) is 5.51. The van der Waals surface area contributed by atoms with E-state index in [0.29, 0.717) is 31.9 Å². The molecule has 1 fully saturated rings. The molecule has 1 aliphatic heterocycles. The highest BCUT2D eigenvalue weighted by Gasteiger charge is 2.38. The van der Waals surface area contributed by atoms with Gasteiger partial charge in [0.25, 0.3) is 0 Å². The number of benzene rings is 2. The third-order valence-corrected chi connectivity index (χ3v) is 7.37. The maximum Gasteiger partial charge on any atom is 0.490 e. The van der Waals surface area contributed by atoms with Crippen LogP contribution in [0.1, 0.15) is 18.9 Å². The number of nitrogens with zero attached hydrogens (tertiary/aromatic N) is 2. The van der Waals surface area contributed by atoms with E-state index in [1.54, 1.807) is 29.2 Å². The lowest BCUT2D eigenvalue weighted by molar-refractivity contribution is -0.192. The molecule has 38 heavy (non-hydrogen) atoms. The lowest BCUT2D eigenvalue weighted by Crippen LogP contribution is -2.50. The van der Waals surface area contributed by atoms with Crippen molar-refractivity contribution in [3.8, 4) is 5.75 Å². The van der Waals surface area contributed by atoms with E-state index in [2.05, 4.69) is 5.32 Å². The van der Waals surface area contributed by atoms with Gasteiger partial charge in [-0.3, -0.25) is 4.79 Å². The van der Waals surface area contributed by atoms with Crippen LogP contribution >= 0.6 is 0 Å². The van der Waals surface area contributed by atoms with Gasteiger partial charge in [0.1, 0.15) is 5.75 Å². The minimum atomic E-state index is -5.08. The average molecular weight is 560 g/mol. The summed E-state index contributed by atoms with van der Waals surface area (Å²) in [6, 6.07) is 16.3. The van der Waals surface area contributed by atoms with Gasteiger partial charge in [0, 0.05) is 32.7 Å². The molecule has 210 valence electrons. The minimum absolute atomic E-state index is 0.148. The maximum absolute atomic E-state index is 13.4. The number of halogens is 3. The first kappa shape index (κ1) is 31.1. The topological polar surface area (TPSA) is 116 Å². The number of aryl methyl sites for hydroxylation is 1. The van der Waals surface area contributed by atoms with Crippen LogP contribution in [0.25, 0.3) is 0 Å². The minimum Gasteiger partial charge on any atom is -0.494 e. The summed E-state index contributed by atoms with van der Waals surface area (Å²) in [7, 11) is -3.81. The highest BCUT2D eigenvalue weighted by atomic mass is 32.2. The van der Waals surface area contributed by atoms with Gasteiger partial charge < -0.3 is 20.1 Å². The van der Waals surface area contributed by atoms with Gasteiger partial charge in [0.2, 0.25) is 15.9 Å². The van der Waals surface area contributed by atoms with Gasteiger partial charge in [-0.15, -0.1) is 0 Å². The number of alkyl halides is 3. The Morgan fingerprint density at radius 2 is 1.63 bits per heavy atom. The van der Waals surface area contributed by atoms with Crippen molar-refractivity contribution in [1.29, 1.82) is 0 Å². The molecule has 0 aliphatic carbocycles. The number of piperazine rings is 1. The molecule has 0 unspecified atom stereocenters. The predicted octanol–water partition coefficient (Wildman–Crippen LogP) is 2.77. The molecule has 1 saturated heterocycles. The Labute approximate surface area is 220 Å². The van der Waals surface area contributed by atoms with Gasteiger partial charge >= 0.3 is 12.1 Å². The number of ether oxygens (including phenoxy) is 1. The lowest BCUT2D eigenvalue weighted by atomic mass is 10.1. The number of aliphatic carboxylic acids is 1. The fraction of sp³-hybridized carbons (Fsp3) is 0.440. The van der Waals surface area contributed by atoms with Gasteiger partial charge in [-0.2, -0.15) is 17.5 Å². The van der Waals surface area contributed by atoms with Gasteiger partial charge in [0.15, 0.2) is 0 Å². The summed E-state index contributed by atoms with van der Waals surface area (Å²) in [6.07, 6.45) is -3.70. The molecule has 9 nitrogen and oxygen atoms in total. The summed E-state index contributed by atoms with van der Waals surface area (Å²) in [5.41, 5.74) is 1.15. The van der Waals surface area contributed by atoms with Crippen LogP contribution in [-0.2, 0) is 26.0 Å². The molecular weight excluding hydrogens is 527 g/mol. The van der Waals surface area contributed by atoms with Gasteiger partial charge in [-0.25, -0.2) is 13.2 Å². The Hall–Kier alpha value is -3.16. The fourth-order valence-corrected chi connectivity index (χ4v) is 5.01. The van der Waals surface area contributed by atoms with Crippen LogP contribution in [0.5, 0.6) is 5.75 Å². The van der Waals surface area contributed by atoms with Crippen LogP contribution in [0, 0.1) is 0 Å². The Morgan fingerprint density at radius 3 is 2.16 bits per heavy atom. The van der Waals surface area contributed by atoms with Crippen LogP contribution in [0.2, 0.25) is 0 Å². The van der Waals surface area contributed by atoms with Crippen molar-refractivity contribution in [1.82, 2.24) is 14.5 Å². The summed E-state index contributed by atoms with van der Waals surface area (Å²) in [5.74, 6) is -2.29. The Kier molecular flexibility index (Phi) is 12.0. The van der Waals surface area contributed by atoms with E-state index < -0.39 is 22.2 Å². The van der Waals surface area contributed by atoms with Gasteiger partial charge in [0.05, 0.1) is 18.0 Å². The quantitative estimate of drug-likeness (QED) is 0.460. The zero-order chi connectivity index (χ0) is 28.2. The van der Waals surface area contributed by atoms with Gasteiger partial charge in [-0.1, -0.05) is 30.3 Å². The SMILES string of the molecule is CCOc1ccc(S(=O)(=O)N(CCCc2ccccc2)CC(=O)N2CCNCC2)cc1.O=C(O)C(F)(F)F. The molecule has 0 aromatic heterocycles. The van der Waals surface area contributed by atoms with E-state index >= 15 is 0 Å². The highest BCUT2D eigenvalue weighted by Crippen LogP contribution is 2.21. The van der Waals surface area contributed by atoms with Crippen molar-refractivity contribution in [2.45, 2.75) is 30.8 Å². The molecular formula is C25H32F3N3O6S. The van der Waals surface area contributed by atoms with Crippen LogP contribution in [0.15, 0.2) is 59.5 Å². The van der Waals surface area contributed by atoms with E-state index in [1.807, 2.05) is 37.3 Å². The second-order valence-electron chi connectivity index (χ2n) is 8.27. The van der Waals surface area contributed by atoms with Gasteiger partial charge in [-0.05, 0) is 49.6 Å². The molecule has 1 aliphatic rings. The van der Waals surface area contributed by atoms with Crippen LogP contribution in [-0.4, -0.2) is 86.7 Å². The van der Waals surface area contributed by atoms with Crippen LogP contribution in [0.4, 0.5) is 13.2 Å². The van der Waals surface area contributed by atoms with E-state index in [1.165, 1.54) is 4.31 Å². The van der Waals surface area contributed by atoms with E-state index in [0.717, 1.165) is 25.1 Å². The zero-order valence-corrected chi connectivity index (χ0v) is 21.8. The summed E-state index contributed by atoms with van der Waals surface area (Å²) < 4.78 is 65.2. The van der Waals surface area contributed by atoms with E-state index in [9.17, 15) is 26.4 Å². The molecule has 0 spiro atoms. The van der Waals surface area contributed by atoms with Crippen LogP contribution < -0.4 is 10.1 Å². The number of carbonyl (C=O) groups excluding carboxylic acids is 1. The molecule has 13 heteroatoms. The van der Waals surface area contributed by atoms with Crippen molar-refractivity contribution < 1.29 is 41.0 Å². The summed E-state index contributed by atoms with van der Waals surface area (Å²) in [5, 5.41) is 10.3. The first-order valence-corrected chi connectivity index (χ1v) is 13.4. The molecule has 0 saturated carbocycles. The molecule has 0 bridgehead atoms. The Morgan fingerprint density at radius 1 is 1.05 bits per heavy atom. The number of carboxylic acid groups (broad SMARTS) is 1. The first-order chi connectivity index (χ1) is 17.9. The van der Waals surface area contributed by atoms with Crippen molar-refractivity contribution in [2.24, 2.45) is 0 Å². The van der Waals surface area contributed by atoms with Crippen molar-refractivity contribution in [3.05, 3.63) is 60.2 Å². The van der Waals surface area contributed by atoms with Crippen molar-refractivity contribution in [3.63, 3.8) is 0 Å². The molecule has 0 atom stereocenters. The summed E-state index contributed by atoms with van der Waals surface area (Å²) >= 11 is 0. The first-order valence-electron chi connectivity index (χ1n) is 12.0. The fourth-order valence-electron chi connectivity index (χ4n) is 3.58. The largest absolute Gasteiger partial charge is 0.494 e. The number of sulfonamides is 1. The highest BCUT2D eigenvalue weighted by molar-refractivity contribution is 7.89. The third kappa shape index (κ3) is 9.95. The zero-order valence-electron chi connectivity index (χ0n) is 21.0. The molecule has 2 aromatic rings. The number of hydrogen-bond donors (Lipinski definition) is 2. The van der Waals surface area contributed by atoms with Crippen molar-refractivity contribution >= 4 is 21.9 Å². The second-order valence-corrected chi connectivity index (χ2v) is 10.2. The number of amides is 1. The molecule has 2 N–H and O–H groups in total. The number of rotatable bonds is 10. The van der Waals surface area contributed by atoms with E-state index in [-0.39, 0.29) is 23.9 Å². The van der Waals surface area contributed by atoms with Crippen molar-refractivity contribution in [2.75, 3.05) is 45.9 Å². The van der Waals surface area contributed by atoms with E-state index in [4.69, 9.17) is 14.6 Å². The second kappa shape index (κ2) is 14.7.